The minimum atomic E-state index is -3.81. The van der Waals surface area contributed by atoms with Crippen LogP contribution < -0.4 is 4.74 Å². The lowest BCUT2D eigenvalue weighted by molar-refractivity contribution is 0.0622. The highest BCUT2D eigenvalue weighted by Gasteiger charge is 2.40. The van der Waals surface area contributed by atoms with Crippen LogP contribution in [0.1, 0.15) is 45.9 Å². The van der Waals surface area contributed by atoms with Crippen LogP contribution in [0.15, 0.2) is 52.2 Å². The monoisotopic (exact) mass is 539 g/mol. The summed E-state index contributed by atoms with van der Waals surface area (Å²) in [6.45, 7) is 6.98. The Bertz CT molecular complexity index is 1370. The summed E-state index contributed by atoms with van der Waals surface area (Å²) in [5, 5.41) is 0. The van der Waals surface area contributed by atoms with Crippen LogP contribution in [0.3, 0.4) is 0 Å². The van der Waals surface area contributed by atoms with Crippen LogP contribution in [-0.2, 0) is 23.1 Å². The van der Waals surface area contributed by atoms with Gasteiger partial charge in [-0.15, -0.1) is 0 Å². The van der Waals surface area contributed by atoms with Crippen molar-refractivity contribution in [3.05, 3.63) is 71.2 Å². The van der Waals surface area contributed by atoms with E-state index in [0.717, 1.165) is 38.0 Å². The summed E-state index contributed by atoms with van der Waals surface area (Å²) in [6.07, 6.45) is 6.51. The van der Waals surface area contributed by atoms with Crippen LogP contribution in [0, 0.1) is 13.8 Å². The lowest BCUT2D eigenvalue weighted by Crippen LogP contribution is -2.48. The van der Waals surface area contributed by atoms with E-state index in [2.05, 4.69) is 14.9 Å². The highest BCUT2D eigenvalue weighted by molar-refractivity contribution is 7.89. The maximum atomic E-state index is 13.7. The molecule has 2 aliphatic rings. The number of nitrogens with zero attached hydrogens (tertiary/aromatic N) is 5. The van der Waals surface area contributed by atoms with Crippen LogP contribution in [0.4, 0.5) is 0 Å². The highest BCUT2D eigenvalue weighted by atomic mass is 32.2. The van der Waals surface area contributed by atoms with Crippen LogP contribution in [0.2, 0.25) is 0 Å². The molecule has 0 unspecified atom stereocenters. The molecule has 1 saturated carbocycles. The van der Waals surface area contributed by atoms with Crippen LogP contribution >= 0.6 is 0 Å². The number of piperazine rings is 1. The summed E-state index contributed by atoms with van der Waals surface area (Å²) in [5.74, 6) is 0.622. The van der Waals surface area contributed by atoms with E-state index in [1.165, 1.54) is 10.6 Å². The standard InChI is InChI=1S/C27H33N5O5S/c1-19-13-23(36-3)14-20(2)26(19)38(34,35)32(22-6-7-22)17-25-29-24(18-37-25)27(33)31-11-9-30(10-12-31)16-21-5-4-8-28-15-21/h4-5,8,13-15,18,22H,6-7,9-12,16-17H2,1-3H3. The van der Waals surface area contributed by atoms with E-state index in [0.29, 0.717) is 30.0 Å². The quantitative estimate of drug-likeness (QED) is 0.408. The number of methoxy groups -OCH3 is 1. The second-order valence-electron chi connectivity index (χ2n) is 9.93. The van der Waals surface area contributed by atoms with Gasteiger partial charge in [0, 0.05) is 51.2 Å². The van der Waals surface area contributed by atoms with Crippen molar-refractivity contribution < 1.29 is 22.4 Å². The van der Waals surface area contributed by atoms with Crippen LogP contribution in [-0.4, -0.2) is 77.7 Å². The lowest BCUT2D eigenvalue weighted by atomic mass is 10.1. The summed E-state index contributed by atoms with van der Waals surface area (Å²) >= 11 is 0. The fraction of sp³-hybridized carbons (Fsp3) is 0.444. The first kappa shape index (κ1) is 26.3. The molecule has 3 aromatic rings. The number of pyridine rings is 1. The van der Waals surface area contributed by atoms with Gasteiger partial charge in [-0.2, -0.15) is 4.31 Å². The molecule has 5 rings (SSSR count). The number of oxazole rings is 1. The molecular weight excluding hydrogens is 506 g/mol. The summed E-state index contributed by atoms with van der Waals surface area (Å²) < 4.78 is 39.8. The van der Waals surface area contributed by atoms with Crippen molar-refractivity contribution >= 4 is 15.9 Å². The molecule has 202 valence electrons. The second-order valence-corrected chi connectivity index (χ2v) is 11.8. The molecule has 1 aromatic carbocycles. The number of hydrogen-bond acceptors (Lipinski definition) is 8. The Morgan fingerprint density at radius 1 is 1.16 bits per heavy atom. The van der Waals surface area contributed by atoms with Gasteiger partial charge in [0.2, 0.25) is 15.9 Å². The van der Waals surface area contributed by atoms with Crippen molar-refractivity contribution in [3.8, 4) is 5.75 Å². The van der Waals surface area contributed by atoms with Gasteiger partial charge in [0.1, 0.15) is 12.0 Å². The minimum Gasteiger partial charge on any atom is -0.497 e. The number of benzene rings is 1. The Kier molecular flexibility index (Phi) is 7.51. The molecule has 1 aliphatic heterocycles. The highest BCUT2D eigenvalue weighted by Crippen LogP contribution is 2.36. The van der Waals surface area contributed by atoms with Crippen molar-refractivity contribution in [2.24, 2.45) is 0 Å². The number of amides is 1. The number of hydrogen-bond donors (Lipinski definition) is 0. The molecule has 0 spiro atoms. The van der Waals surface area contributed by atoms with Crippen molar-refractivity contribution in [3.63, 3.8) is 0 Å². The third kappa shape index (κ3) is 5.59. The van der Waals surface area contributed by atoms with Gasteiger partial charge in [-0.25, -0.2) is 13.4 Å². The largest absolute Gasteiger partial charge is 0.497 e. The Hall–Kier alpha value is -3.28. The molecule has 0 atom stereocenters. The maximum Gasteiger partial charge on any atom is 0.275 e. The van der Waals surface area contributed by atoms with E-state index in [-0.39, 0.29) is 35.0 Å². The summed E-state index contributed by atoms with van der Waals surface area (Å²) in [5.41, 5.74) is 2.59. The molecule has 10 nitrogen and oxygen atoms in total. The molecular formula is C27H33N5O5S. The number of carbonyl (C=O) groups is 1. The SMILES string of the molecule is COc1cc(C)c(S(=O)(=O)N(Cc2nc(C(=O)N3CCN(Cc4cccnc4)CC3)co2)C2CC2)c(C)c1. The molecule has 2 fully saturated rings. The van der Waals surface area contributed by atoms with Gasteiger partial charge in [0.15, 0.2) is 5.69 Å². The summed E-state index contributed by atoms with van der Waals surface area (Å²) in [4.78, 5) is 26.0. The Morgan fingerprint density at radius 3 is 2.47 bits per heavy atom. The minimum absolute atomic E-state index is 0.0237. The van der Waals surface area contributed by atoms with Gasteiger partial charge < -0.3 is 14.1 Å². The first-order chi connectivity index (χ1) is 18.3. The predicted octanol–water partition coefficient (Wildman–Crippen LogP) is 3.01. The predicted molar refractivity (Wildman–Crippen MR) is 140 cm³/mol. The first-order valence-electron chi connectivity index (χ1n) is 12.8. The van der Waals surface area contributed by atoms with Gasteiger partial charge in [-0.3, -0.25) is 14.7 Å². The van der Waals surface area contributed by atoms with Crippen molar-refractivity contribution in [1.29, 1.82) is 0 Å². The van der Waals surface area contributed by atoms with E-state index in [1.807, 2.05) is 18.3 Å². The molecule has 2 aromatic heterocycles. The molecule has 38 heavy (non-hydrogen) atoms. The molecule has 3 heterocycles. The normalized spacial score (nSPS) is 16.7. The van der Waals surface area contributed by atoms with E-state index in [9.17, 15) is 13.2 Å². The van der Waals surface area contributed by atoms with Gasteiger partial charge in [0.25, 0.3) is 5.91 Å². The number of ether oxygens (including phenoxy) is 1. The zero-order valence-corrected chi connectivity index (χ0v) is 22.8. The molecule has 1 saturated heterocycles. The fourth-order valence-corrected chi connectivity index (χ4v) is 7.01. The number of aryl methyl sites for hydroxylation is 2. The van der Waals surface area contributed by atoms with Crippen molar-refractivity contribution in [2.45, 2.75) is 50.7 Å². The molecule has 0 bridgehead atoms. The van der Waals surface area contributed by atoms with Gasteiger partial charge in [-0.05, 0) is 61.6 Å². The van der Waals surface area contributed by atoms with E-state index < -0.39 is 10.0 Å². The third-order valence-electron chi connectivity index (χ3n) is 7.04. The topological polar surface area (TPSA) is 109 Å². The first-order valence-corrected chi connectivity index (χ1v) is 14.2. The molecule has 1 aliphatic carbocycles. The summed E-state index contributed by atoms with van der Waals surface area (Å²) in [7, 11) is -2.26. The zero-order valence-electron chi connectivity index (χ0n) is 22.0. The van der Waals surface area contributed by atoms with Crippen LogP contribution in [0.25, 0.3) is 0 Å². The number of rotatable bonds is 9. The number of sulfonamides is 1. The molecule has 0 radical (unpaired) electrons. The van der Waals surface area contributed by atoms with E-state index in [4.69, 9.17) is 9.15 Å². The lowest BCUT2D eigenvalue weighted by Gasteiger charge is -2.34. The van der Waals surface area contributed by atoms with Crippen LogP contribution in [0.5, 0.6) is 5.75 Å². The zero-order chi connectivity index (χ0) is 26.9. The maximum absolute atomic E-state index is 13.7. The molecule has 1 amide bonds. The average molecular weight is 540 g/mol. The van der Waals surface area contributed by atoms with Crippen molar-refractivity contribution in [2.75, 3.05) is 33.3 Å². The Labute approximate surface area is 223 Å². The number of carbonyl (C=O) groups excluding carboxylic acids is 1. The van der Waals surface area contributed by atoms with Gasteiger partial charge in [-0.1, -0.05) is 6.07 Å². The fourth-order valence-electron chi connectivity index (χ4n) is 4.96. The van der Waals surface area contributed by atoms with E-state index >= 15 is 0 Å². The van der Waals surface area contributed by atoms with Crippen molar-refractivity contribution in [1.82, 2.24) is 24.1 Å². The smallest absolute Gasteiger partial charge is 0.275 e. The van der Waals surface area contributed by atoms with Gasteiger partial charge >= 0.3 is 0 Å². The Morgan fingerprint density at radius 2 is 1.87 bits per heavy atom. The average Bonchev–Trinajstić information content (AvgIpc) is 3.63. The molecule has 0 N–H and O–H groups in total. The number of aromatic nitrogens is 2. The second kappa shape index (κ2) is 10.8. The summed E-state index contributed by atoms with van der Waals surface area (Å²) in [6, 6.07) is 7.31. The Balaban J connectivity index is 1.25. The molecule has 11 heteroatoms. The van der Waals surface area contributed by atoms with E-state index in [1.54, 1.807) is 44.2 Å². The van der Waals surface area contributed by atoms with Gasteiger partial charge in [0.05, 0.1) is 18.6 Å². The third-order valence-corrected chi connectivity index (χ3v) is 9.25.